The molecular formula is C12H8Br2ClFS. The predicted molar refractivity (Wildman–Crippen MR) is 78.9 cm³/mol. The van der Waals surface area contributed by atoms with Crippen LogP contribution >= 0.6 is 54.8 Å². The van der Waals surface area contributed by atoms with Gasteiger partial charge in [-0.2, -0.15) is 0 Å². The van der Waals surface area contributed by atoms with Crippen molar-refractivity contribution in [1.82, 2.24) is 0 Å². The molecular weight excluding hydrogens is 390 g/mol. The van der Waals surface area contributed by atoms with Crippen molar-refractivity contribution in [3.8, 4) is 0 Å². The molecule has 0 nitrogen and oxygen atoms in total. The highest BCUT2D eigenvalue weighted by Crippen LogP contribution is 2.41. The van der Waals surface area contributed by atoms with E-state index in [1.165, 1.54) is 6.07 Å². The first-order chi connectivity index (χ1) is 8.00. The third-order valence-electron chi connectivity index (χ3n) is 2.38. The van der Waals surface area contributed by atoms with Gasteiger partial charge in [-0.15, -0.1) is 11.3 Å². The van der Waals surface area contributed by atoms with Crippen molar-refractivity contribution in [2.75, 3.05) is 0 Å². The molecule has 1 aromatic heterocycles. The molecule has 0 aliphatic rings. The summed E-state index contributed by atoms with van der Waals surface area (Å²) >= 11 is 14.6. The van der Waals surface area contributed by atoms with Crippen LogP contribution in [0.2, 0.25) is 5.02 Å². The van der Waals surface area contributed by atoms with E-state index in [2.05, 4.69) is 31.9 Å². The average molecular weight is 399 g/mol. The number of aryl methyl sites for hydroxylation is 1. The lowest BCUT2D eigenvalue weighted by molar-refractivity contribution is 0.614. The number of thiophene rings is 1. The van der Waals surface area contributed by atoms with Crippen molar-refractivity contribution in [3.05, 3.63) is 54.9 Å². The monoisotopic (exact) mass is 396 g/mol. The Morgan fingerprint density at radius 1 is 1.41 bits per heavy atom. The summed E-state index contributed by atoms with van der Waals surface area (Å²) in [4.78, 5) is 1.98. The van der Waals surface area contributed by atoms with Crippen molar-refractivity contribution < 1.29 is 4.39 Å². The maximum atomic E-state index is 13.8. The number of hydrogen-bond donors (Lipinski definition) is 0. The molecule has 1 atom stereocenters. The van der Waals surface area contributed by atoms with Gasteiger partial charge >= 0.3 is 0 Å². The average Bonchev–Trinajstić information content (AvgIpc) is 2.59. The highest BCUT2D eigenvalue weighted by Gasteiger charge is 2.20. The van der Waals surface area contributed by atoms with Crippen LogP contribution in [-0.2, 0) is 0 Å². The summed E-state index contributed by atoms with van der Waals surface area (Å²) < 4.78 is 14.8. The topological polar surface area (TPSA) is 0 Å². The summed E-state index contributed by atoms with van der Waals surface area (Å²) in [6.07, 6.45) is 0. The predicted octanol–water partition coefficient (Wildman–Crippen LogP) is 6.10. The van der Waals surface area contributed by atoms with Gasteiger partial charge in [0.2, 0.25) is 0 Å². The van der Waals surface area contributed by atoms with E-state index in [1.807, 2.05) is 13.0 Å². The van der Waals surface area contributed by atoms with E-state index < -0.39 is 0 Å². The second kappa shape index (κ2) is 5.39. The minimum atomic E-state index is -0.290. The minimum Gasteiger partial charge on any atom is -0.207 e. The summed E-state index contributed by atoms with van der Waals surface area (Å²) in [5.74, 6) is -0.290. The Hall–Kier alpha value is 0.1000. The number of rotatable bonds is 2. The van der Waals surface area contributed by atoms with E-state index in [9.17, 15) is 4.39 Å². The molecule has 1 unspecified atom stereocenters. The SMILES string of the molecule is Cc1sc(C(Br)c2c(F)cccc2Cl)cc1Br. The number of halogens is 4. The Kier molecular flexibility index (Phi) is 4.29. The number of benzene rings is 1. The molecule has 0 bridgehead atoms. The van der Waals surface area contributed by atoms with Gasteiger partial charge in [0.25, 0.3) is 0 Å². The quantitative estimate of drug-likeness (QED) is 0.537. The van der Waals surface area contributed by atoms with Crippen molar-refractivity contribution in [1.29, 1.82) is 0 Å². The molecule has 2 aromatic rings. The molecule has 1 heterocycles. The van der Waals surface area contributed by atoms with Crippen LogP contribution < -0.4 is 0 Å². The van der Waals surface area contributed by atoms with Gasteiger partial charge in [0, 0.05) is 24.8 Å². The van der Waals surface area contributed by atoms with Crippen LogP contribution in [0.25, 0.3) is 0 Å². The van der Waals surface area contributed by atoms with Crippen LogP contribution in [0.3, 0.4) is 0 Å². The molecule has 0 amide bonds. The molecule has 0 fully saturated rings. The zero-order valence-corrected chi connectivity index (χ0v) is 13.6. The zero-order valence-electron chi connectivity index (χ0n) is 8.81. The molecule has 0 aliphatic carbocycles. The van der Waals surface area contributed by atoms with Gasteiger partial charge in [0.1, 0.15) is 5.82 Å². The van der Waals surface area contributed by atoms with Gasteiger partial charge in [-0.05, 0) is 41.1 Å². The molecule has 90 valence electrons. The van der Waals surface area contributed by atoms with Crippen LogP contribution in [0.1, 0.15) is 20.1 Å². The number of alkyl halides is 1. The van der Waals surface area contributed by atoms with E-state index in [0.29, 0.717) is 10.6 Å². The summed E-state index contributed by atoms with van der Waals surface area (Å²) in [5, 5.41) is 0.439. The highest BCUT2D eigenvalue weighted by atomic mass is 79.9. The summed E-state index contributed by atoms with van der Waals surface area (Å²) in [6.45, 7) is 2.01. The molecule has 2 rings (SSSR count). The second-order valence-corrected chi connectivity index (χ2v) is 7.02. The summed E-state index contributed by atoms with van der Waals surface area (Å²) in [7, 11) is 0. The Balaban J connectivity index is 2.47. The normalized spacial score (nSPS) is 12.8. The fourth-order valence-electron chi connectivity index (χ4n) is 1.50. The van der Waals surface area contributed by atoms with Crippen LogP contribution in [0.15, 0.2) is 28.7 Å². The molecule has 0 saturated carbocycles. The smallest absolute Gasteiger partial charge is 0.129 e. The van der Waals surface area contributed by atoms with Crippen molar-refractivity contribution >= 4 is 54.8 Å². The van der Waals surface area contributed by atoms with E-state index in [0.717, 1.165) is 14.2 Å². The molecule has 1 aromatic carbocycles. The van der Waals surface area contributed by atoms with Gasteiger partial charge < -0.3 is 0 Å². The van der Waals surface area contributed by atoms with E-state index in [-0.39, 0.29) is 10.6 Å². The Morgan fingerprint density at radius 2 is 2.12 bits per heavy atom. The largest absolute Gasteiger partial charge is 0.207 e. The third-order valence-corrected chi connectivity index (χ3v) is 6.16. The van der Waals surface area contributed by atoms with E-state index >= 15 is 0 Å². The minimum absolute atomic E-state index is 0.216. The first-order valence-corrected chi connectivity index (χ1v) is 7.75. The van der Waals surface area contributed by atoms with Gasteiger partial charge in [-0.3, -0.25) is 0 Å². The molecule has 0 aliphatic heterocycles. The van der Waals surface area contributed by atoms with Crippen LogP contribution in [0.5, 0.6) is 0 Å². The highest BCUT2D eigenvalue weighted by molar-refractivity contribution is 9.10. The lowest BCUT2D eigenvalue weighted by Crippen LogP contribution is -1.95. The Morgan fingerprint density at radius 3 is 2.65 bits per heavy atom. The standard InChI is InChI=1S/C12H8Br2ClFS/c1-6-7(13)5-10(17-6)12(14)11-8(15)3-2-4-9(11)16/h2-5,12H,1H3. The van der Waals surface area contributed by atoms with Gasteiger partial charge in [-0.25, -0.2) is 4.39 Å². The fraction of sp³-hybridized carbons (Fsp3) is 0.167. The molecule has 0 N–H and O–H groups in total. The fourth-order valence-corrected chi connectivity index (χ4v) is 4.33. The summed E-state index contributed by atoms with van der Waals surface area (Å²) in [6, 6.07) is 6.72. The van der Waals surface area contributed by atoms with Crippen LogP contribution in [-0.4, -0.2) is 0 Å². The van der Waals surface area contributed by atoms with Gasteiger partial charge in [0.15, 0.2) is 0 Å². The van der Waals surface area contributed by atoms with Crippen molar-refractivity contribution in [2.45, 2.75) is 11.8 Å². The van der Waals surface area contributed by atoms with Gasteiger partial charge in [0.05, 0.1) is 4.83 Å². The maximum Gasteiger partial charge on any atom is 0.129 e. The van der Waals surface area contributed by atoms with Crippen LogP contribution in [0, 0.1) is 12.7 Å². The number of hydrogen-bond acceptors (Lipinski definition) is 1. The zero-order chi connectivity index (χ0) is 12.6. The molecule has 0 radical (unpaired) electrons. The lowest BCUT2D eigenvalue weighted by Gasteiger charge is -2.11. The second-order valence-electron chi connectivity index (χ2n) is 3.55. The van der Waals surface area contributed by atoms with E-state index in [1.54, 1.807) is 23.5 Å². The Labute approximate surface area is 125 Å². The molecule has 0 spiro atoms. The van der Waals surface area contributed by atoms with Crippen molar-refractivity contribution in [2.24, 2.45) is 0 Å². The third kappa shape index (κ3) is 2.75. The summed E-state index contributed by atoms with van der Waals surface area (Å²) in [5.41, 5.74) is 0.489. The maximum absolute atomic E-state index is 13.8. The lowest BCUT2D eigenvalue weighted by atomic mass is 10.1. The van der Waals surface area contributed by atoms with Crippen molar-refractivity contribution in [3.63, 3.8) is 0 Å². The first-order valence-electron chi connectivity index (χ1n) is 4.84. The molecule has 0 saturated heterocycles. The van der Waals surface area contributed by atoms with Crippen LogP contribution in [0.4, 0.5) is 4.39 Å². The Bertz CT molecular complexity index is 514. The molecule has 17 heavy (non-hydrogen) atoms. The first kappa shape index (κ1) is 13.5. The molecule has 5 heteroatoms. The van der Waals surface area contributed by atoms with E-state index in [4.69, 9.17) is 11.6 Å². The van der Waals surface area contributed by atoms with Gasteiger partial charge in [-0.1, -0.05) is 33.6 Å².